The predicted octanol–water partition coefficient (Wildman–Crippen LogP) is 2.78. The number of ether oxygens (including phenoxy) is 4. The van der Waals surface area contributed by atoms with Crippen molar-refractivity contribution in [2.45, 2.75) is 18.4 Å². The van der Waals surface area contributed by atoms with E-state index in [9.17, 15) is 9.59 Å². The summed E-state index contributed by atoms with van der Waals surface area (Å²) >= 11 is 0. The molecule has 0 aromatic heterocycles. The van der Waals surface area contributed by atoms with Crippen molar-refractivity contribution in [2.75, 3.05) is 48.6 Å². The number of hydrogen-bond donors (Lipinski definition) is 1. The second-order valence-electron chi connectivity index (χ2n) is 7.54. The highest BCUT2D eigenvalue weighted by Gasteiger charge is 2.43. The van der Waals surface area contributed by atoms with Gasteiger partial charge >= 0.3 is 0 Å². The summed E-state index contributed by atoms with van der Waals surface area (Å²) in [6, 6.07) is 10.3. The van der Waals surface area contributed by atoms with Gasteiger partial charge in [-0.25, -0.2) is 0 Å². The molecule has 2 amide bonds. The van der Waals surface area contributed by atoms with Gasteiger partial charge in [0, 0.05) is 32.9 Å². The highest BCUT2D eigenvalue weighted by atomic mass is 16.5. The van der Waals surface area contributed by atoms with Crippen LogP contribution < -0.4 is 19.5 Å². The number of carbonyl (C=O) groups excluding carboxylic acids is 2. The second kappa shape index (κ2) is 10.4. The van der Waals surface area contributed by atoms with Gasteiger partial charge in [-0.1, -0.05) is 12.1 Å². The zero-order valence-corrected chi connectivity index (χ0v) is 19.1. The highest BCUT2D eigenvalue weighted by molar-refractivity contribution is 6.02. The molecule has 1 aliphatic rings. The number of amides is 2. The van der Waals surface area contributed by atoms with Crippen molar-refractivity contribution in [3.05, 3.63) is 53.1 Å². The molecule has 0 aliphatic carbocycles. The summed E-state index contributed by atoms with van der Waals surface area (Å²) in [6.07, 6.45) is 0.690. The Bertz CT molecular complexity index is 960. The first-order valence-electron chi connectivity index (χ1n) is 10.4. The average Bonchev–Trinajstić information content (AvgIpc) is 2.83. The molecule has 8 nitrogen and oxygen atoms in total. The van der Waals surface area contributed by atoms with E-state index in [2.05, 4.69) is 5.32 Å². The molecule has 0 radical (unpaired) electrons. The third-order valence-corrected chi connectivity index (χ3v) is 5.74. The molecule has 1 N–H and O–H groups in total. The summed E-state index contributed by atoms with van der Waals surface area (Å²) in [7, 11) is 7.97. The van der Waals surface area contributed by atoms with Crippen molar-refractivity contribution in [2.24, 2.45) is 0 Å². The molecule has 3 rings (SSSR count). The van der Waals surface area contributed by atoms with E-state index in [0.717, 1.165) is 5.56 Å². The first kappa shape index (κ1) is 23.4. The van der Waals surface area contributed by atoms with Crippen molar-refractivity contribution >= 4 is 11.8 Å². The number of hydrogen-bond acceptors (Lipinski definition) is 6. The molecular weight excluding hydrogens is 412 g/mol. The highest BCUT2D eigenvalue weighted by Crippen LogP contribution is 2.45. The number of likely N-dealkylation sites (N-methyl/N-ethyl adjacent to an activating group) is 1. The van der Waals surface area contributed by atoms with E-state index in [4.69, 9.17) is 18.9 Å². The Hall–Kier alpha value is -3.26. The van der Waals surface area contributed by atoms with Gasteiger partial charge in [0.1, 0.15) is 5.75 Å². The van der Waals surface area contributed by atoms with E-state index >= 15 is 0 Å². The lowest BCUT2D eigenvalue weighted by Crippen LogP contribution is -2.45. The van der Waals surface area contributed by atoms with Crippen molar-refractivity contribution in [1.29, 1.82) is 0 Å². The lowest BCUT2D eigenvalue weighted by atomic mass is 9.79. The SMILES string of the molecule is COCCCNC(=O)[C@H]1c2cc(OC)c(OC)cc2C(=O)N(C)[C@@H]1c1ccc(OC)cc1. The summed E-state index contributed by atoms with van der Waals surface area (Å²) in [5, 5.41) is 3.00. The molecular formula is C24H30N2O6. The number of carbonyl (C=O) groups is 2. The average molecular weight is 443 g/mol. The minimum Gasteiger partial charge on any atom is -0.497 e. The summed E-state index contributed by atoms with van der Waals surface area (Å²) < 4.78 is 21.2. The van der Waals surface area contributed by atoms with E-state index in [0.29, 0.717) is 47.9 Å². The Morgan fingerprint density at radius 3 is 2.25 bits per heavy atom. The number of benzene rings is 2. The zero-order valence-electron chi connectivity index (χ0n) is 19.1. The Kier molecular flexibility index (Phi) is 7.58. The van der Waals surface area contributed by atoms with Crippen LogP contribution in [0, 0.1) is 0 Å². The van der Waals surface area contributed by atoms with Gasteiger partial charge < -0.3 is 29.2 Å². The lowest BCUT2D eigenvalue weighted by Gasteiger charge is -2.40. The maximum atomic E-state index is 13.5. The summed E-state index contributed by atoms with van der Waals surface area (Å²) in [4.78, 5) is 28.4. The van der Waals surface area contributed by atoms with E-state index < -0.39 is 12.0 Å². The molecule has 2 atom stereocenters. The molecule has 2 aromatic carbocycles. The van der Waals surface area contributed by atoms with Gasteiger partial charge in [0.2, 0.25) is 5.91 Å². The number of nitrogens with zero attached hydrogens (tertiary/aromatic N) is 1. The lowest BCUT2D eigenvalue weighted by molar-refractivity contribution is -0.124. The quantitative estimate of drug-likeness (QED) is 0.601. The van der Waals surface area contributed by atoms with Crippen LogP contribution in [0.2, 0.25) is 0 Å². The van der Waals surface area contributed by atoms with Gasteiger partial charge in [0.05, 0.1) is 33.3 Å². The molecule has 1 heterocycles. The largest absolute Gasteiger partial charge is 0.497 e. The third-order valence-electron chi connectivity index (χ3n) is 5.74. The van der Waals surface area contributed by atoms with Crippen molar-refractivity contribution < 1.29 is 28.5 Å². The smallest absolute Gasteiger partial charge is 0.254 e. The Balaban J connectivity index is 2.10. The minimum absolute atomic E-state index is 0.172. The maximum absolute atomic E-state index is 13.5. The van der Waals surface area contributed by atoms with Crippen LogP contribution in [0.3, 0.4) is 0 Å². The molecule has 0 unspecified atom stereocenters. The number of fused-ring (bicyclic) bond motifs is 1. The maximum Gasteiger partial charge on any atom is 0.254 e. The topological polar surface area (TPSA) is 86.3 Å². The molecule has 2 aromatic rings. The fourth-order valence-electron chi connectivity index (χ4n) is 4.09. The molecule has 0 spiro atoms. The zero-order chi connectivity index (χ0) is 23.3. The molecule has 8 heteroatoms. The van der Waals surface area contributed by atoms with Crippen LogP contribution in [0.15, 0.2) is 36.4 Å². The summed E-state index contributed by atoms with van der Waals surface area (Å²) in [6.45, 7) is 1.02. The summed E-state index contributed by atoms with van der Waals surface area (Å²) in [5.74, 6) is 0.610. The van der Waals surface area contributed by atoms with E-state index in [-0.39, 0.29) is 11.8 Å². The third kappa shape index (κ3) is 4.50. The van der Waals surface area contributed by atoms with Gasteiger partial charge in [-0.05, 0) is 41.8 Å². The Morgan fingerprint density at radius 1 is 1.00 bits per heavy atom. The monoisotopic (exact) mass is 442 g/mol. The summed E-state index contributed by atoms with van der Waals surface area (Å²) in [5.41, 5.74) is 1.86. The van der Waals surface area contributed by atoms with Gasteiger partial charge in [-0.2, -0.15) is 0 Å². The van der Waals surface area contributed by atoms with E-state index in [1.165, 1.54) is 14.2 Å². The molecule has 0 bridgehead atoms. The first-order valence-corrected chi connectivity index (χ1v) is 10.4. The Labute approximate surface area is 188 Å². The van der Waals surface area contributed by atoms with Crippen LogP contribution in [0.4, 0.5) is 0 Å². The van der Waals surface area contributed by atoms with Gasteiger partial charge in [0.15, 0.2) is 11.5 Å². The van der Waals surface area contributed by atoms with Crippen molar-refractivity contribution in [1.82, 2.24) is 10.2 Å². The van der Waals surface area contributed by atoms with Gasteiger partial charge in [0.25, 0.3) is 5.91 Å². The number of rotatable bonds is 9. The van der Waals surface area contributed by atoms with Crippen LogP contribution in [0.1, 0.15) is 39.9 Å². The van der Waals surface area contributed by atoms with Crippen molar-refractivity contribution in [3.63, 3.8) is 0 Å². The molecule has 0 fully saturated rings. The number of methoxy groups -OCH3 is 4. The molecule has 0 saturated heterocycles. The van der Waals surface area contributed by atoms with Crippen LogP contribution in [-0.4, -0.2) is 65.4 Å². The predicted molar refractivity (Wildman–Crippen MR) is 120 cm³/mol. The van der Waals surface area contributed by atoms with Crippen LogP contribution in [-0.2, 0) is 9.53 Å². The number of nitrogens with one attached hydrogen (secondary N) is 1. The first-order chi connectivity index (χ1) is 15.5. The van der Waals surface area contributed by atoms with Gasteiger partial charge in [-0.3, -0.25) is 9.59 Å². The van der Waals surface area contributed by atoms with Crippen molar-refractivity contribution in [3.8, 4) is 17.2 Å². The minimum atomic E-state index is -0.636. The molecule has 32 heavy (non-hydrogen) atoms. The molecule has 172 valence electrons. The second-order valence-corrected chi connectivity index (χ2v) is 7.54. The Morgan fingerprint density at radius 2 is 1.66 bits per heavy atom. The molecule has 1 aliphatic heterocycles. The standard InChI is InChI=1S/C24H30N2O6/c1-26-22(15-7-9-16(30-3)10-8-15)21(23(27)25-11-6-12-29-2)17-13-19(31-4)20(32-5)14-18(17)24(26)28/h7-10,13-14,21-22H,6,11-12H2,1-5H3,(H,25,27)/t21-,22+/m0/s1. The van der Waals surface area contributed by atoms with Crippen LogP contribution in [0.25, 0.3) is 0 Å². The fraction of sp³-hybridized carbons (Fsp3) is 0.417. The normalized spacial score (nSPS) is 17.5. The molecule has 0 saturated carbocycles. The van der Waals surface area contributed by atoms with Gasteiger partial charge in [-0.15, -0.1) is 0 Å². The van der Waals surface area contributed by atoms with E-state index in [1.54, 1.807) is 38.3 Å². The fourth-order valence-corrected chi connectivity index (χ4v) is 4.09. The van der Waals surface area contributed by atoms with Crippen LogP contribution in [0.5, 0.6) is 17.2 Å². The van der Waals surface area contributed by atoms with Crippen LogP contribution >= 0.6 is 0 Å². The van der Waals surface area contributed by atoms with E-state index in [1.807, 2.05) is 24.3 Å².